The largest absolute Gasteiger partial charge is 0.326 e. The summed E-state index contributed by atoms with van der Waals surface area (Å²) in [7, 11) is 0. The van der Waals surface area contributed by atoms with Crippen molar-refractivity contribution in [3.8, 4) is 10.6 Å². The Morgan fingerprint density at radius 1 is 1.19 bits per heavy atom. The second kappa shape index (κ2) is 8.28. The van der Waals surface area contributed by atoms with Crippen molar-refractivity contribution in [2.75, 3.05) is 10.6 Å². The molecule has 0 spiro atoms. The van der Waals surface area contributed by atoms with E-state index in [0.29, 0.717) is 21.4 Å². The first-order valence-electron chi connectivity index (χ1n) is 7.98. The van der Waals surface area contributed by atoms with Gasteiger partial charge in [0.05, 0.1) is 22.8 Å². The van der Waals surface area contributed by atoms with E-state index in [1.165, 1.54) is 36.5 Å². The number of anilines is 2. The van der Waals surface area contributed by atoms with Gasteiger partial charge >= 0.3 is 0 Å². The molecule has 0 saturated carbocycles. The lowest BCUT2D eigenvalue weighted by Gasteiger charge is -2.08. The first kappa shape index (κ1) is 19.0. The molecule has 3 rings (SSSR count). The van der Waals surface area contributed by atoms with Gasteiger partial charge in [-0.25, -0.2) is 9.37 Å². The normalized spacial score (nSPS) is 10.5. The van der Waals surface area contributed by atoms with E-state index in [9.17, 15) is 14.0 Å². The monoisotopic (exact) mass is 403 g/mol. The lowest BCUT2D eigenvalue weighted by atomic mass is 10.2. The van der Waals surface area contributed by atoms with Gasteiger partial charge in [0, 0.05) is 23.6 Å². The molecule has 27 heavy (non-hydrogen) atoms. The molecule has 0 saturated heterocycles. The van der Waals surface area contributed by atoms with E-state index >= 15 is 0 Å². The van der Waals surface area contributed by atoms with Gasteiger partial charge in [0.25, 0.3) is 0 Å². The average Bonchev–Trinajstić information content (AvgIpc) is 3.06. The Morgan fingerprint density at radius 2 is 1.96 bits per heavy atom. The number of nitrogens with zero attached hydrogens (tertiary/aromatic N) is 1. The number of carbonyl (C=O) groups excluding carboxylic acids is 2. The highest BCUT2D eigenvalue weighted by Gasteiger charge is 2.13. The van der Waals surface area contributed by atoms with Crippen molar-refractivity contribution in [2.24, 2.45) is 0 Å². The van der Waals surface area contributed by atoms with E-state index < -0.39 is 11.7 Å². The minimum Gasteiger partial charge on any atom is -0.326 e. The molecule has 0 bridgehead atoms. The molecular weight excluding hydrogens is 389 g/mol. The Morgan fingerprint density at radius 3 is 2.70 bits per heavy atom. The molecule has 0 unspecified atom stereocenters. The molecule has 0 aliphatic carbocycles. The van der Waals surface area contributed by atoms with Crippen LogP contribution in [0, 0.1) is 5.82 Å². The van der Waals surface area contributed by atoms with E-state index in [1.807, 2.05) is 18.2 Å². The summed E-state index contributed by atoms with van der Waals surface area (Å²) in [4.78, 5) is 27.8. The highest BCUT2D eigenvalue weighted by atomic mass is 35.5. The number of amides is 2. The lowest BCUT2D eigenvalue weighted by molar-refractivity contribution is -0.116. The highest BCUT2D eigenvalue weighted by molar-refractivity contribution is 7.13. The standard InChI is InChI=1S/C19H15ClFN3O2S/c1-11(25)22-12-6-7-16(21)17(8-12)24-18(26)9-13-10-27-19(23-13)14-4-2-3-5-15(14)20/h2-8,10H,9H2,1H3,(H,22,25)(H,24,26). The topological polar surface area (TPSA) is 71.1 Å². The van der Waals surface area contributed by atoms with Crippen LogP contribution in [0.25, 0.3) is 10.6 Å². The number of hydrogen-bond acceptors (Lipinski definition) is 4. The molecule has 2 aromatic carbocycles. The van der Waals surface area contributed by atoms with Crippen molar-refractivity contribution in [3.63, 3.8) is 0 Å². The van der Waals surface area contributed by atoms with Crippen LogP contribution in [-0.4, -0.2) is 16.8 Å². The van der Waals surface area contributed by atoms with Gasteiger partial charge in [0.1, 0.15) is 10.8 Å². The molecule has 3 aromatic rings. The summed E-state index contributed by atoms with van der Waals surface area (Å²) in [6.07, 6.45) is -0.00917. The van der Waals surface area contributed by atoms with Crippen LogP contribution >= 0.6 is 22.9 Å². The predicted octanol–water partition coefficient (Wildman–Crippen LogP) is 4.74. The van der Waals surface area contributed by atoms with Crippen molar-refractivity contribution < 1.29 is 14.0 Å². The molecule has 8 heteroatoms. The Bertz CT molecular complexity index is 1010. The number of halogens is 2. The molecule has 1 aromatic heterocycles. The van der Waals surface area contributed by atoms with Crippen LogP contribution in [0.3, 0.4) is 0 Å². The average molecular weight is 404 g/mol. The first-order chi connectivity index (χ1) is 12.9. The maximum atomic E-state index is 13.9. The van der Waals surface area contributed by atoms with Gasteiger partial charge in [-0.3, -0.25) is 9.59 Å². The zero-order valence-corrected chi connectivity index (χ0v) is 15.8. The fourth-order valence-electron chi connectivity index (χ4n) is 2.41. The quantitative estimate of drug-likeness (QED) is 0.646. The van der Waals surface area contributed by atoms with Crippen LogP contribution in [-0.2, 0) is 16.0 Å². The second-order valence-electron chi connectivity index (χ2n) is 5.72. The first-order valence-corrected chi connectivity index (χ1v) is 9.24. The fourth-order valence-corrected chi connectivity index (χ4v) is 3.55. The van der Waals surface area contributed by atoms with E-state index in [2.05, 4.69) is 15.6 Å². The third-order valence-corrected chi connectivity index (χ3v) is 4.81. The molecule has 138 valence electrons. The minimum atomic E-state index is -0.590. The lowest BCUT2D eigenvalue weighted by Crippen LogP contribution is -2.16. The maximum absolute atomic E-state index is 13.9. The van der Waals surface area contributed by atoms with Gasteiger partial charge in [-0.15, -0.1) is 11.3 Å². The SMILES string of the molecule is CC(=O)Nc1ccc(F)c(NC(=O)Cc2csc(-c3ccccc3Cl)n2)c1. The number of benzene rings is 2. The van der Waals surface area contributed by atoms with E-state index in [1.54, 1.807) is 11.4 Å². The third kappa shape index (κ3) is 4.90. The maximum Gasteiger partial charge on any atom is 0.230 e. The van der Waals surface area contributed by atoms with Crippen molar-refractivity contribution >= 4 is 46.1 Å². The molecule has 0 atom stereocenters. The minimum absolute atomic E-state index is 0.00666. The highest BCUT2D eigenvalue weighted by Crippen LogP contribution is 2.30. The predicted molar refractivity (Wildman–Crippen MR) is 106 cm³/mol. The summed E-state index contributed by atoms with van der Waals surface area (Å²) in [5, 5.41) is 8.11. The van der Waals surface area contributed by atoms with Crippen molar-refractivity contribution in [1.82, 2.24) is 4.98 Å². The molecule has 1 heterocycles. The molecule has 0 aliphatic heterocycles. The van der Waals surface area contributed by atoms with Gasteiger partial charge in [0.2, 0.25) is 11.8 Å². The number of hydrogen-bond donors (Lipinski definition) is 2. The van der Waals surface area contributed by atoms with Gasteiger partial charge in [-0.1, -0.05) is 29.8 Å². The van der Waals surface area contributed by atoms with Crippen LogP contribution < -0.4 is 10.6 Å². The van der Waals surface area contributed by atoms with E-state index in [4.69, 9.17) is 11.6 Å². The number of thiazole rings is 1. The van der Waals surface area contributed by atoms with Crippen LogP contribution in [0.15, 0.2) is 47.8 Å². The summed E-state index contributed by atoms with van der Waals surface area (Å²) in [6, 6.07) is 11.3. The van der Waals surface area contributed by atoms with Crippen LogP contribution in [0.4, 0.5) is 15.8 Å². The van der Waals surface area contributed by atoms with E-state index in [0.717, 1.165) is 5.56 Å². The number of aromatic nitrogens is 1. The Hall–Kier alpha value is -2.77. The Balaban J connectivity index is 1.70. The number of rotatable bonds is 5. The summed E-state index contributed by atoms with van der Waals surface area (Å²) in [5.74, 6) is -1.29. The molecule has 0 fully saturated rings. The molecule has 5 nitrogen and oxygen atoms in total. The van der Waals surface area contributed by atoms with E-state index in [-0.39, 0.29) is 18.0 Å². The fraction of sp³-hybridized carbons (Fsp3) is 0.105. The number of carbonyl (C=O) groups is 2. The third-order valence-electron chi connectivity index (χ3n) is 3.56. The number of nitrogens with one attached hydrogen (secondary N) is 2. The van der Waals surface area contributed by atoms with Crippen molar-refractivity contribution in [2.45, 2.75) is 13.3 Å². The van der Waals surface area contributed by atoms with Gasteiger partial charge < -0.3 is 10.6 Å². The smallest absolute Gasteiger partial charge is 0.230 e. The zero-order chi connectivity index (χ0) is 19.4. The van der Waals surface area contributed by atoms with Crippen LogP contribution in [0.1, 0.15) is 12.6 Å². The van der Waals surface area contributed by atoms with Gasteiger partial charge in [0.15, 0.2) is 0 Å². The molecule has 2 N–H and O–H groups in total. The molecule has 0 radical (unpaired) electrons. The van der Waals surface area contributed by atoms with Crippen LogP contribution in [0.5, 0.6) is 0 Å². The molecule has 0 aliphatic rings. The summed E-state index contributed by atoms with van der Waals surface area (Å²) < 4.78 is 13.9. The molecule has 2 amide bonds. The van der Waals surface area contributed by atoms with Crippen LogP contribution in [0.2, 0.25) is 5.02 Å². The van der Waals surface area contributed by atoms with Gasteiger partial charge in [-0.2, -0.15) is 0 Å². The Labute approximate surface area is 164 Å². The Kier molecular flexibility index (Phi) is 5.83. The summed E-state index contributed by atoms with van der Waals surface area (Å²) in [5.41, 5.74) is 1.75. The second-order valence-corrected chi connectivity index (χ2v) is 6.99. The summed E-state index contributed by atoms with van der Waals surface area (Å²) in [6.45, 7) is 1.35. The van der Waals surface area contributed by atoms with Gasteiger partial charge in [-0.05, 0) is 24.3 Å². The van der Waals surface area contributed by atoms with Crippen molar-refractivity contribution in [3.05, 3.63) is 64.4 Å². The molecular formula is C19H15ClFN3O2S. The zero-order valence-electron chi connectivity index (χ0n) is 14.3. The summed E-state index contributed by atoms with van der Waals surface area (Å²) >= 11 is 7.55. The van der Waals surface area contributed by atoms with Crippen molar-refractivity contribution in [1.29, 1.82) is 0 Å².